The Balaban J connectivity index is 2.01. The average molecular weight is 403 g/mol. The number of carbonyl (C=O) groups is 1. The van der Waals surface area contributed by atoms with Gasteiger partial charge in [-0.15, -0.1) is 0 Å². The van der Waals surface area contributed by atoms with Crippen LogP contribution < -0.4 is 10.1 Å². The maximum atomic E-state index is 11.7. The second-order valence-electron chi connectivity index (χ2n) is 4.04. The minimum Gasteiger partial charge on any atom is -0.481 e. The molecule has 1 N–H and O–H groups in total. The number of furan rings is 1. The largest absolute Gasteiger partial charge is 0.481 e. The highest BCUT2D eigenvalue weighted by atomic mass is 35.5. The van der Waals surface area contributed by atoms with E-state index in [2.05, 4.69) is 5.32 Å². The van der Waals surface area contributed by atoms with E-state index in [1.165, 1.54) is 6.26 Å². The number of nitrogens with one attached hydrogen (secondary N) is 1. The Bertz CT molecular complexity index is 658. The van der Waals surface area contributed by atoms with E-state index in [-0.39, 0.29) is 44.0 Å². The van der Waals surface area contributed by atoms with Crippen LogP contribution in [0.1, 0.15) is 5.76 Å². The lowest BCUT2D eigenvalue weighted by molar-refractivity contribution is -0.123. The molecular formula is C13H8Cl5NO3. The fraction of sp³-hybridized carbons (Fsp3) is 0.154. The van der Waals surface area contributed by atoms with E-state index >= 15 is 0 Å². The number of carbonyl (C=O) groups excluding carboxylic acids is 1. The molecule has 1 aromatic carbocycles. The summed E-state index contributed by atoms with van der Waals surface area (Å²) >= 11 is 29.6. The van der Waals surface area contributed by atoms with Gasteiger partial charge < -0.3 is 14.5 Å². The summed E-state index contributed by atoms with van der Waals surface area (Å²) < 4.78 is 10.4. The highest BCUT2D eigenvalue weighted by Gasteiger charge is 2.21. The third-order valence-electron chi connectivity index (χ3n) is 2.56. The summed E-state index contributed by atoms with van der Waals surface area (Å²) in [7, 11) is 0. The standard InChI is InChI=1S/C13H8Cl5NO3/c14-8-9(15)11(17)13(12(18)10(8)16)22-5-7(20)19-4-6-2-1-3-21-6/h1-3H,4-5H2,(H,19,20). The van der Waals surface area contributed by atoms with Gasteiger partial charge in [0.1, 0.15) is 15.8 Å². The molecule has 0 atom stereocenters. The predicted octanol–water partition coefficient (Wildman–Crippen LogP) is 5.24. The molecular weight excluding hydrogens is 395 g/mol. The van der Waals surface area contributed by atoms with E-state index in [0.29, 0.717) is 5.76 Å². The third-order valence-corrected chi connectivity index (χ3v) is 4.80. The van der Waals surface area contributed by atoms with Gasteiger partial charge in [-0.1, -0.05) is 58.0 Å². The van der Waals surface area contributed by atoms with Crippen molar-refractivity contribution in [1.82, 2.24) is 5.32 Å². The number of halogens is 5. The van der Waals surface area contributed by atoms with Crippen molar-refractivity contribution in [3.8, 4) is 5.75 Å². The number of benzene rings is 1. The second-order valence-corrected chi connectivity index (χ2v) is 5.93. The second kappa shape index (κ2) is 7.66. The fourth-order valence-electron chi connectivity index (χ4n) is 1.50. The maximum absolute atomic E-state index is 11.7. The Kier molecular flexibility index (Phi) is 6.12. The van der Waals surface area contributed by atoms with Gasteiger partial charge in [0, 0.05) is 0 Å². The molecule has 1 heterocycles. The van der Waals surface area contributed by atoms with Crippen molar-refractivity contribution < 1.29 is 13.9 Å². The summed E-state index contributed by atoms with van der Waals surface area (Å²) in [5, 5.41) is 2.60. The Morgan fingerprint density at radius 3 is 2.18 bits per heavy atom. The Hall–Kier alpha value is -0.780. The van der Waals surface area contributed by atoms with Crippen molar-refractivity contribution in [1.29, 1.82) is 0 Å². The SMILES string of the molecule is O=C(COc1c(Cl)c(Cl)c(Cl)c(Cl)c1Cl)NCc1ccco1. The predicted molar refractivity (Wildman–Crippen MR) is 87.5 cm³/mol. The fourth-order valence-corrected chi connectivity index (χ4v) is 2.73. The number of ether oxygens (including phenoxy) is 1. The first-order valence-electron chi connectivity index (χ1n) is 5.85. The van der Waals surface area contributed by atoms with Crippen LogP contribution in [-0.2, 0) is 11.3 Å². The van der Waals surface area contributed by atoms with E-state index in [0.717, 1.165) is 0 Å². The van der Waals surface area contributed by atoms with Crippen LogP contribution in [0.3, 0.4) is 0 Å². The van der Waals surface area contributed by atoms with E-state index in [1.54, 1.807) is 12.1 Å². The van der Waals surface area contributed by atoms with Crippen molar-refractivity contribution >= 4 is 63.9 Å². The van der Waals surface area contributed by atoms with Crippen molar-refractivity contribution in [3.63, 3.8) is 0 Å². The minimum absolute atomic E-state index is 0.00345. The Morgan fingerprint density at radius 2 is 1.64 bits per heavy atom. The summed E-state index contributed by atoms with van der Waals surface area (Å²) in [6.45, 7) is -0.0901. The molecule has 0 saturated heterocycles. The molecule has 1 amide bonds. The lowest BCUT2D eigenvalue weighted by Gasteiger charge is -2.13. The first kappa shape index (κ1) is 17.6. The molecule has 0 saturated carbocycles. The molecule has 9 heteroatoms. The Labute approximate surface area is 151 Å². The molecule has 118 valence electrons. The van der Waals surface area contributed by atoms with Crippen molar-refractivity contribution in [2.24, 2.45) is 0 Å². The van der Waals surface area contributed by atoms with E-state index in [4.69, 9.17) is 67.2 Å². The lowest BCUT2D eigenvalue weighted by atomic mass is 10.3. The highest BCUT2D eigenvalue weighted by molar-refractivity contribution is 6.55. The summed E-state index contributed by atoms with van der Waals surface area (Å²) in [5.74, 6) is 0.212. The molecule has 0 fully saturated rings. The van der Waals surface area contributed by atoms with Crippen LogP contribution >= 0.6 is 58.0 Å². The van der Waals surface area contributed by atoms with Crippen molar-refractivity contribution in [2.45, 2.75) is 6.54 Å². The average Bonchev–Trinajstić information content (AvgIpc) is 3.02. The highest BCUT2D eigenvalue weighted by Crippen LogP contribution is 2.48. The molecule has 0 aliphatic carbocycles. The van der Waals surface area contributed by atoms with Gasteiger partial charge in [0.25, 0.3) is 5.91 Å². The molecule has 0 radical (unpaired) electrons. The van der Waals surface area contributed by atoms with Gasteiger partial charge in [0.05, 0.1) is 27.9 Å². The number of hydrogen-bond acceptors (Lipinski definition) is 3. The van der Waals surface area contributed by atoms with Gasteiger partial charge in [-0.25, -0.2) is 0 Å². The van der Waals surface area contributed by atoms with Gasteiger partial charge in [-0.2, -0.15) is 0 Å². The minimum atomic E-state index is -0.397. The third kappa shape index (κ3) is 3.94. The van der Waals surface area contributed by atoms with E-state index < -0.39 is 5.91 Å². The van der Waals surface area contributed by atoms with Crippen molar-refractivity contribution in [3.05, 3.63) is 49.3 Å². The molecule has 2 aromatic rings. The van der Waals surface area contributed by atoms with Crippen LogP contribution in [0, 0.1) is 0 Å². The van der Waals surface area contributed by atoms with E-state index in [1.807, 2.05) is 0 Å². The zero-order valence-electron chi connectivity index (χ0n) is 10.8. The molecule has 1 aromatic heterocycles. The molecule has 0 aliphatic heterocycles. The van der Waals surface area contributed by atoms with Crippen LogP contribution in [0.2, 0.25) is 25.1 Å². The van der Waals surface area contributed by atoms with Crippen LogP contribution in [-0.4, -0.2) is 12.5 Å². The molecule has 22 heavy (non-hydrogen) atoms. The molecule has 2 rings (SSSR count). The summed E-state index contributed by atoms with van der Waals surface area (Å²) in [5.41, 5.74) is 0. The monoisotopic (exact) mass is 401 g/mol. The first-order valence-corrected chi connectivity index (χ1v) is 7.74. The van der Waals surface area contributed by atoms with Crippen LogP contribution in [0.5, 0.6) is 5.75 Å². The summed E-state index contributed by atoms with van der Waals surface area (Å²) in [6, 6.07) is 3.45. The molecule has 0 spiro atoms. The zero-order valence-corrected chi connectivity index (χ0v) is 14.5. The maximum Gasteiger partial charge on any atom is 0.258 e. The Morgan fingerprint density at radius 1 is 1.05 bits per heavy atom. The summed E-state index contributed by atoms with van der Waals surface area (Å²) in [4.78, 5) is 11.7. The molecule has 4 nitrogen and oxygen atoms in total. The van der Waals surface area contributed by atoms with Gasteiger partial charge >= 0.3 is 0 Å². The number of amides is 1. The number of hydrogen-bond donors (Lipinski definition) is 1. The van der Waals surface area contributed by atoms with Gasteiger partial charge in [0.2, 0.25) is 0 Å². The van der Waals surface area contributed by atoms with Gasteiger partial charge in [-0.05, 0) is 12.1 Å². The van der Waals surface area contributed by atoms with Crippen LogP contribution in [0.4, 0.5) is 0 Å². The summed E-state index contributed by atoms with van der Waals surface area (Å²) in [6.07, 6.45) is 1.51. The smallest absolute Gasteiger partial charge is 0.258 e. The van der Waals surface area contributed by atoms with Gasteiger partial charge in [0.15, 0.2) is 12.4 Å². The molecule has 0 unspecified atom stereocenters. The van der Waals surface area contributed by atoms with E-state index in [9.17, 15) is 4.79 Å². The first-order chi connectivity index (χ1) is 10.4. The molecule has 0 aliphatic rings. The lowest BCUT2D eigenvalue weighted by Crippen LogP contribution is -2.28. The quantitative estimate of drug-likeness (QED) is 0.549. The normalized spacial score (nSPS) is 10.6. The number of rotatable bonds is 5. The zero-order chi connectivity index (χ0) is 16.3. The molecule has 0 bridgehead atoms. The van der Waals surface area contributed by atoms with Crippen LogP contribution in [0.15, 0.2) is 22.8 Å². The topological polar surface area (TPSA) is 51.5 Å². The van der Waals surface area contributed by atoms with Crippen LogP contribution in [0.25, 0.3) is 0 Å². The van der Waals surface area contributed by atoms with Crippen molar-refractivity contribution in [2.75, 3.05) is 6.61 Å². The van der Waals surface area contributed by atoms with Gasteiger partial charge in [-0.3, -0.25) is 4.79 Å².